The van der Waals surface area contributed by atoms with Gasteiger partial charge in [-0.3, -0.25) is 15.0 Å². The highest BCUT2D eigenvalue weighted by Crippen LogP contribution is 2.48. The van der Waals surface area contributed by atoms with E-state index in [9.17, 15) is 9.59 Å². The average Bonchev–Trinajstić information content (AvgIpc) is 3.16. The summed E-state index contributed by atoms with van der Waals surface area (Å²) in [7, 11) is 0. The lowest BCUT2D eigenvalue weighted by Gasteiger charge is -2.42. The number of nitrogens with zero attached hydrogens (tertiary/aromatic N) is 1. The van der Waals surface area contributed by atoms with Gasteiger partial charge < -0.3 is 4.98 Å². The van der Waals surface area contributed by atoms with E-state index in [4.69, 9.17) is 11.6 Å². The molecule has 1 saturated heterocycles. The summed E-state index contributed by atoms with van der Waals surface area (Å²) >= 11 is 7.78. The molecular formula is C21H26ClN3O2S. The van der Waals surface area contributed by atoms with E-state index in [1.54, 1.807) is 22.8 Å². The van der Waals surface area contributed by atoms with Crippen LogP contribution in [0.3, 0.4) is 0 Å². The lowest BCUT2D eigenvalue weighted by molar-refractivity contribution is -0.134. The number of aromatic amines is 1. The normalized spacial score (nSPS) is 25.0. The topological polar surface area (TPSA) is 65.2 Å². The number of aromatic nitrogens is 1. The SMILES string of the molecule is CCCC1CCC2(CC1)SCC(=O)N2NC(=O)c1[nH]c2ccc(Cl)cc2c1C. The number of hydrogen-bond donors (Lipinski definition) is 2. The summed E-state index contributed by atoms with van der Waals surface area (Å²) in [5, 5.41) is 3.19. The van der Waals surface area contributed by atoms with Gasteiger partial charge in [-0.1, -0.05) is 31.4 Å². The van der Waals surface area contributed by atoms with Gasteiger partial charge in [-0.15, -0.1) is 11.8 Å². The molecule has 1 aliphatic carbocycles. The fraction of sp³-hybridized carbons (Fsp3) is 0.524. The summed E-state index contributed by atoms with van der Waals surface area (Å²) in [6.07, 6.45) is 6.56. The van der Waals surface area contributed by atoms with Gasteiger partial charge in [-0.2, -0.15) is 0 Å². The van der Waals surface area contributed by atoms with Crippen molar-refractivity contribution in [2.24, 2.45) is 5.92 Å². The van der Waals surface area contributed by atoms with Gasteiger partial charge in [-0.25, -0.2) is 5.01 Å². The largest absolute Gasteiger partial charge is 0.350 e. The molecule has 2 aliphatic rings. The Morgan fingerprint density at radius 2 is 2.14 bits per heavy atom. The Bertz CT molecular complexity index is 918. The van der Waals surface area contributed by atoms with E-state index in [0.29, 0.717) is 16.5 Å². The number of hydrazine groups is 1. The van der Waals surface area contributed by atoms with Crippen molar-refractivity contribution < 1.29 is 9.59 Å². The van der Waals surface area contributed by atoms with Gasteiger partial charge in [0.05, 0.1) is 5.75 Å². The van der Waals surface area contributed by atoms with E-state index >= 15 is 0 Å². The molecule has 2 amide bonds. The third-order valence-electron chi connectivity index (χ3n) is 6.17. The summed E-state index contributed by atoms with van der Waals surface area (Å²) in [5.74, 6) is 0.894. The van der Waals surface area contributed by atoms with Gasteiger partial charge in [0.25, 0.3) is 11.8 Å². The maximum Gasteiger partial charge on any atom is 0.286 e. The zero-order chi connectivity index (χ0) is 19.9. The molecule has 5 nitrogen and oxygen atoms in total. The molecule has 4 rings (SSSR count). The second-order valence-electron chi connectivity index (χ2n) is 7.95. The highest BCUT2D eigenvalue weighted by Gasteiger charge is 2.49. The van der Waals surface area contributed by atoms with Crippen molar-refractivity contribution >= 4 is 46.1 Å². The summed E-state index contributed by atoms with van der Waals surface area (Å²) in [6, 6.07) is 5.52. The number of halogens is 1. The molecule has 1 spiro atoms. The molecule has 2 aromatic rings. The predicted molar refractivity (Wildman–Crippen MR) is 114 cm³/mol. The first kappa shape index (κ1) is 19.6. The minimum Gasteiger partial charge on any atom is -0.350 e. The number of hydrogen-bond acceptors (Lipinski definition) is 3. The average molecular weight is 420 g/mol. The van der Waals surface area contributed by atoms with Gasteiger partial charge in [0.1, 0.15) is 10.6 Å². The first-order valence-electron chi connectivity index (χ1n) is 9.99. The molecule has 0 radical (unpaired) electrons. The summed E-state index contributed by atoms with van der Waals surface area (Å²) in [6.45, 7) is 4.12. The van der Waals surface area contributed by atoms with Gasteiger partial charge in [0.2, 0.25) is 0 Å². The van der Waals surface area contributed by atoms with Crippen molar-refractivity contribution in [3.63, 3.8) is 0 Å². The standard InChI is InChI=1S/C21H26ClN3O2S/c1-3-4-14-7-9-21(10-8-14)25(18(26)12-28-21)24-20(27)19-13(2)16-11-15(22)5-6-17(16)23-19/h5-6,11,14,23H,3-4,7-10,12H2,1-2H3,(H,24,27). The number of thioether (sulfide) groups is 1. The van der Waals surface area contributed by atoms with E-state index in [1.807, 2.05) is 19.1 Å². The second kappa shape index (κ2) is 7.64. The summed E-state index contributed by atoms with van der Waals surface area (Å²) in [5.41, 5.74) is 5.12. The third kappa shape index (κ3) is 3.41. The number of carbonyl (C=O) groups excluding carboxylic acids is 2. The molecule has 0 bridgehead atoms. The highest BCUT2D eigenvalue weighted by atomic mass is 35.5. The van der Waals surface area contributed by atoms with Gasteiger partial charge in [-0.05, 0) is 62.3 Å². The van der Waals surface area contributed by atoms with Crippen molar-refractivity contribution in [1.29, 1.82) is 0 Å². The molecule has 150 valence electrons. The van der Waals surface area contributed by atoms with Crippen LogP contribution in [0.2, 0.25) is 5.02 Å². The van der Waals surface area contributed by atoms with Crippen LogP contribution in [-0.2, 0) is 4.79 Å². The smallest absolute Gasteiger partial charge is 0.286 e. The van der Waals surface area contributed by atoms with E-state index in [1.165, 1.54) is 12.8 Å². The molecule has 1 aromatic carbocycles. The van der Waals surface area contributed by atoms with Gasteiger partial charge in [0.15, 0.2) is 0 Å². The number of amides is 2. The Morgan fingerprint density at radius 3 is 2.86 bits per heavy atom. The number of benzene rings is 1. The van der Waals surface area contributed by atoms with E-state index in [-0.39, 0.29) is 16.7 Å². The van der Waals surface area contributed by atoms with Gasteiger partial charge in [0, 0.05) is 15.9 Å². The monoisotopic (exact) mass is 419 g/mol. The first-order valence-corrected chi connectivity index (χ1v) is 11.4. The second-order valence-corrected chi connectivity index (χ2v) is 9.73. The van der Waals surface area contributed by atoms with Crippen molar-refractivity contribution in [3.8, 4) is 0 Å². The van der Waals surface area contributed by atoms with Gasteiger partial charge >= 0.3 is 0 Å². The van der Waals surface area contributed by atoms with Crippen molar-refractivity contribution in [1.82, 2.24) is 15.4 Å². The molecular weight excluding hydrogens is 394 g/mol. The number of H-pyrrole nitrogens is 1. The Morgan fingerprint density at radius 1 is 1.39 bits per heavy atom. The highest BCUT2D eigenvalue weighted by molar-refractivity contribution is 8.01. The lowest BCUT2D eigenvalue weighted by Crippen LogP contribution is -2.55. The van der Waals surface area contributed by atoms with Crippen molar-refractivity contribution in [3.05, 3.63) is 34.5 Å². The maximum absolute atomic E-state index is 13.0. The van der Waals surface area contributed by atoms with Crippen molar-refractivity contribution in [2.45, 2.75) is 57.2 Å². The summed E-state index contributed by atoms with van der Waals surface area (Å²) in [4.78, 5) is 28.5. The van der Waals surface area contributed by atoms with Crippen molar-refractivity contribution in [2.75, 3.05) is 5.75 Å². The van der Waals surface area contributed by atoms with Crippen LogP contribution in [0.5, 0.6) is 0 Å². The molecule has 1 aliphatic heterocycles. The van der Waals surface area contributed by atoms with Crippen LogP contribution in [0.25, 0.3) is 10.9 Å². The number of nitrogens with one attached hydrogen (secondary N) is 2. The van der Waals surface area contributed by atoms with E-state index in [0.717, 1.165) is 48.1 Å². The number of rotatable bonds is 4. The van der Waals surface area contributed by atoms with Crippen LogP contribution in [0.1, 0.15) is 61.5 Å². The van der Waals surface area contributed by atoms with Crippen LogP contribution in [-0.4, -0.2) is 32.4 Å². The van der Waals surface area contributed by atoms with Crippen LogP contribution in [0.15, 0.2) is 18.2 Å². The Hall–Kier alpha value is -1.66. The Labute approximate surface area is 174 Å². The zero-order valence-corrected chi connectivity index (χ0v) is 17.9. The molecule has 1 aromatic heterocycles. The fourth-order valence-electron chi connectivity index (χ4n) is 4.59. The molecule has 1 saturated carbocycles. The summed E-state index contributed by atoms with van der Waals surface area (Å²) < 4.78 is 0. The van der Waals surface area contributed by atoms with Crippen LogP contribution < -0.4 is 5.43 Å². The number of carbonyl (C=O) groups is 2. The molecule has 2 fully saturated rings. The Kier molecular flexibility index (Phi) is 5.36. The molecule has 7 heteroatoms. The Balaban J connectivity index is 1.55. The maximum atomic E-state index is 13.0. The molecule has 28 heavy (non-hydrogen) atoms. The van der Waals surface area contributed by atoms with Crippen LogP contribution in [0, 0.1) is 12.8 Å². The fourth-order valence-corrected chi connectivity index (χ4v) is 6.09. The minimum absolute atomic E-state index is 0.0101. The predicted octanol–water partition coefficient (Wildman–Crippen LogP) is 5.04. The van der Waals surface area contributed by atoms with E-state index in [2.05, 4.69) is 17.3 Å². The quantitative estimate of drug-likeness (QED) is 0.729. The van der Waals surface area contributed by atoms with Crippen LogP contribution >= 0.6 is 23.4 Å². The minimum atomic E-state index is -0.291. The van der Waals surface area contributed by atoms with E-state index < -0.39 is 0 Å². The zero-order valence-electron chi connectivity index (χ0n) is 16.3. The lowest BCUT2D eigenvalue weighted by atomic mass is 9.83. The molecule has 0 unspecified atom stereocenters. The number of fused-ring (bicyclic) bond motifs is 1. The molecule has 2 N–H and O–H groups in total. The first-order chi connectivity index (χ1) is 13.4. The number of aryl methyl sites for hydroxylation is 1. The third-order valence-corrected chi connectivity index (χ3v) is 7.92. The molecule has 0 atom stereocenters. The molecule has 2 heterocycles. The van der Waals surface area contributed by atoms with Crippen LogP contribution in [0.4, 0.5) is 0 Å².